The van der Waals surface area contributed by atoms with Crippen molar-refractivity contribution < 1.29 is 18.7 Å². The fourth-order valence-electron chi connectivity index (χ4n) is 2.89. The molecule has 1 aromatic carbocycles. The van der Waals surface area contributed by atoms with Crippen molar-refractivity contribution in [3.05, 3.63) is 46.6 Å². The van der Waals surface area contributed by atoms with E-state index in [2.05, 4.69) is 20.7 Å². The number of esters is 1. The van der Waals surface area contributed by atoms with Crippen molar-refractivity contribution in [3.8, 4) is 11.4 Å². The van der Waals surface area contributed by atoms with Gasteiger partial charge >= 0.3 is 5.97 Å². The number of thiophene rings is 1. The van der Waals surface area contributed by atoms with E-state index in [0.29, 0.717) is 22.0 Å². The van der Waals surface area contributed by atoms with Gasteiger partial charge in [0.2, 0.25) is 11.7 Å². The third-order valence-electron chi connectivity index (χ3n) is 4.41. The number of nitrogens with zero attached hydrogens (tertiary/aromatic N) is 4. The molecule has 0 radical (unpaired) electrons. The molecule has 10 heteroatoms. The Morgan fingerprint density at radius 2 is 2.07 bits per heavy atom. The molecule has 3 aromatic rings. The predicted octanol–water partition coefficient (Wildman–Crippen LogP) is 3.23. The monoisotopic (exact) mass is 415 g/mol. The number of rotatable bonds is 7. The highest BCUT2D eigenvalue weighted by molar-refractivity contribution is 7.15. The van der Waals surface area contributed by atoms with Gasteiger partial charge < -0.3 is 10.1 Å². The number of amides is 1. The Morgan fingerprint density at radius 1 is 1.31 bits per heavy atom. The van der Waals surface area contributed by atoms with E-state index in [1.165, 1.54) is 35.6 Å². The first-order valence-electron chi connectivity index (χ1n) is 9.17. The number of benzene rings is 1. The SMILES string of the molecule is CCOC(=O)c1c(C2CC2)csc1NC(=O)Cn1nnc(-c2ccc(F)cc2)n1. The summed E-state index contributed by atoms with van der Waals surface area (Å²) in [5.41, 5.74) is 1.96. The molecular formula is C19H18FN5O3S. The summed E-state index contributed by atoms with van der Waals surface area (Å²) in [7, 11) is 0. The third kappa shape index (κ3) is 4.32. The van der Waals surface area contributed by atoms with E-state index in [1.807, 2.05) is 5.38 Å². The lowest BCUT2D eigenvalue weighted by Gasteiger charge is -2.08. The highest BCUT2D eigenvalue weighted by Gasteiger charge is 2.32. The zero-order valence-corrected chi connectivity index (χ0v) is 16.4. The average Bonchev–Trinajstić information content (AvgIpc) is 3.30. The van der Waals surface area contributed by atoms with Crippen molar-refractivity contribution >= 4 is 28.2 Å². The maximum Gasteiger partial charge on any atom is 0.341 e. The zero-order chi connectivity index (χ0) is 20.4. The van der Waals surface area contributed by atoms with Gasteiger partial charge in [-0.1, -0.05) is 0 Å². The van der Waals surface area contributed by atoms with E-state index in [0.717, 1.165) is 23.2 Å². The van der Waals surface area contributed by atoms with Crippen LogP contribution >= 0.6 is 11.3 Å². The molecule has 1 fully saturated rings. The largest absolute Gasteiger partial charge is 0.462 e. The molecule has 8 nitrogen and oxygen atoms in total. The minimum atomic E-state index is -0.427. The van der Waals surface area contributed by atoms with Crippen molar-refractivity contribution in [2.45, 2.75) is 32.2 Å². The molecule has 1 saturated carbocycles. The molecule has 29 heavy (non-hydrogen) atoms. The Hall–Kier alpha value is -3.14. The van der Waals surface area contributed by atoms with Gasteiger partial charge in [0.05, 0.1) is 12.2 Å². The van der Waals surface area contributed by atoms with E-state index in [1.54, 1.807) is 6.92 Å². The number of tetrazole rings is 1. The molecule has 2 aromatic heterocycles. The second-order valence-corrected chi connectivity index (χ2v) is 7.47. The van der Waals surface area contributed by atoms with Gasteiger partial charge in [0, 0.05) is 5.56 Å². The smallest absolute Gasteiger partial charge is 0.341 e. The van der Waals surface area contributed by atoms with Gasteiger partial charge in [0.25, 0.3) is 0 Å². The number of carbonyl (C=O) groups is 2. The van der Waals surface area contributed by atoms with Crippen LogP contribution in [-0.2, 0) is 16.1 Å². The van der Waals surface area contributed by atoms with Gasteiger partial charge in [0.15, 0.2) is 0 Å². The summed E-state index contributed by atoms with van der Waals surface area (Å²) in [6, 6.07) is 5.67. The van der Waals surface area contributed by atoms with Crippen LogP contribution in [0.5, 0.6) is 0 Å². The molecule has 4 rings (SSSR count). The van der Waals surface area contributed by atoms with Crippen molar-refractivity contribution in [2.75, 3.05) is 11.9 Å². The van der Waals surface area contributed by atoms with E-state index in [9.17, 15) is 14.0 Å². The molecule has 0 spiro atoms. The van der Waals surface area contributed by atoms with E-state index in [-0.39, 0.29) is 30.7 Å². The summed E-state index contributed by atoms with van der Waals surface area (Å²) in [6.45, 7) is 1.84. The predicted molar refractivity (Wildman–Crippen MR) is 104 cm³/mol. The first-order valence-corrected chi connectivity index (χ1v) is 10.0. The standard InChI is InChI=1S/C19H18FN5O3S/c1-2-28-19(27)16-14(11-3-4-11)10-29-18(16)21-15(26)9-25-23-17(22-24-25)12-5-7-13(20)8-6-12/h5-8,10-11H,2-4,9H2,1H3,(H,21,26). The number of nitrogens with one attached hydrogen (secondary N) is 1. The van der Waals surface area contributed by atoms with Crippen molar-refractivity contribution in [1.82, 2.24) is 20.2 Å². The first-order chi connectivity index (χ1) is 14.0. The maximum absolute atomic E-state index is 13.0. The van der Waals surface area contributed by atoms with Crippen LogP contribution in [0.3, 0.4) is 0 Å². The number of ether oxygens (including phenoxy) is 1. The van der Waals surface area contributed by atoms with Crippen LogP contribution in [0.25, 0.3) is 11.4 Å². The van der Waals surface area contributed by atoms with E-state index in [4.69, 9.17) is 4.74 Å². The average molecular weight is 415 g/mol. The maximum atomic E-state index is 13.0. The molecule has 0 aliphatic heterocycles. The van der Waals surface area contributed by atoms with Gasteiger partial charge in [0.1, 0.15) is 17.4 Å². The summed E-state index contributed by atoms with van der Waals surface area (Å²) in [6.07, 6.45) is 2.07. The fourth-order valence-corrected chi connectivity index (χ4v) is 3.94. The topological polar surface area (TPSA) is 99.0 Å². The van der Waals surface area contributed by atoms with Crippen LogP contribution in [0, 0.1) is 5.82 Å². The van der Waals surface area contributed by atoms with Crippen LogP contribution in [0.15, 0.2) is 29.6 Å². The molecule has 1 N–H and O–H groups in total. The van der Waals surface area contributed by atoms with Crippen molar-refractivity contribution in [2.24, 2.45) is 0 Å². The number of carbonyl (C=O) groups excluding carboxylic acids is 2. The lowest BCUT2D eigenvalue weighted by Crippen LogP contribution is -2.21. The van der Waals surface area contributed by atoms with Gasteiger partial charge in [-0.2, -0.15) is 4.80 Å². The summed E-state index contributed by atoms with van der Waals surface area (Å²) >= 11 is 1.31. The highest BCUT2D eigenvalue weighted by atomic mass is 32.1. The molecule has 0 bridgehead atoms. The molecule has 1 aliphatic carbocycles. The second-order valence-electron chi connectivity index (χ2n) is 6.59. The minimum Gasteiger partial charge on any atom is -0.462 e. The van der Waals surface area contributed by atoms with Crippen LogP contribution in [0.2, 0.25) is 0 Å². The van der Waals surface area contributed by atoms with Crippen LogP contribution < -0.4 is 5.32 Å². The second kappa shape index (κ2) is 8.08. The molecule has 2 heterocycles. The lowest BCUT2D eigenvalue weighted by molar-refractivity contribution is -0.117. The molecule has 0 unspecified atom stereocenters. The van der Waals surface area contributed by atoms with E-state index < -0.39 is 5.97 Å². The van der Waals surface area contributed by atoms with Gasteiger partial charge in [-0.3, -0.25) is 4.79 Å². The number of halogens is 1. The number of aromatic nitrogens is 4. The van der Waals surface area contributed by atoms with Gasteiger partial charge in [-0.25, -0.2) is 9.18 Å². The van der Waals surface area contributed by atoms with E-state index >= 15 is 0 Å². The van der Waals surface area contributed by atoms with Crippen LogP contribution in [0.1, 0.15) is 41.6 Å². The number of hydrogen-bond donors (Lipinski definition) is 1. The number of anilines is 1. The molecule has 1 aliphatic rings. The molecule has 150 valence electrons. The highest BCUT2D eigenvalue weighted by Crippen LogP contribution is 2.46. The Bertz CT molecular complexity index is 1040. The van der Waals surface area contributed by atoms with Gasteiger partial charge in [-0.15, -0.1) is 21.5 Å². The number of hydrogen-bond acceptors (Lipinski definition) is 7. The van der Waals surface area contributed by atoms with Gasteiger partial charge in [-0.05, 0) is 66.1 Å². The Morgan fingerprint density at radius 3 is 2.76 bits per heavy atom. The summed E-state index contributed by atoms with van der Waals surface area (Å²) in [5, 5.41) is 17.0. The quantitative estimate of drug-likeness (QED) is 0.595. The van der Waals surface area contributed by atoms with Crippen molar-refractivity contribution in [3.63, 3.8) is 0 Å². The minimum absolute atomic E-state index is 0.173. The van der Waals surface area contributed by atoms with Crippen molar-refractivity contribution in [1.29, 1.82) is 0 Å². The van der Waals surface area contributed by atoms with Crippen LogP contribution in [0.4, 0.5) is 9.39 Å². The Balaban J connectivity index is 1.46. The Labute approximate surface area is 169 Å². The lowest BCUT2D eigenvalue weighted by atomic mass is 10.1. The normalized spacial score (nSPS) is 13.3. The molecule has 1 amide bonds. The first kappa shape index (κ1) is 19.2. The fraction of sp³-hybridized carbons (Fsp3) is 0.316. The zero-order valence-electron chi connectivity index (χ0n) is 15.6. The molecule has 0 atom stereocenters. The molecular weight excluding hydrogens is 397 g/mol. The van der Waals surface area contributed by atoms with Crippen LogP contribution in [-0.4, -0.2) is 38.7 Å². The summed E-state index contributed by atoms with van der Waals surface area (Å²) in [4.78, 5) is 26.0. The summed E-state index contributed by atoms with van der Waals surface area (Å²) < 4.78 is 18.2. The molecule has 0 saturated heterocycles. The Kier molecular flexibility index (Phi) is 5.34. The third-order valence-corrected chi connectivity index (χ3v) is 5.32. The summed E-state index contributed by atoms with van der Waals surface area (Å²) in [5.74, 6) is -0.533.